The third-order valence-electron chi connectivity index (χ3n) is 3.72. The van der Waals surface area contributed by atoms with Crippen LogP contribution in [0.15, 0.2) is 24.3 Å². The number of fused-ring (bicyclic) bond motifs is 1. The first kappa shape index (κ1) is 10.1. The van der Waals surface area contributed by atoms with E-state index in [9.17, 15) is 5.11 Å². The molecule has 0 saturated carbocycles. The summed E-state index contributed by atoms with van der Waals surface area (Å²) in [7, 11) is 0. The molecule has 0 amide bonds. The zero-order chi connectivity index (χ0) is 11.0. The smallest absolute Gasteiger partial charge is 0.0896 e. The second kappa shape index (κ2) is 4.07. The highest BCUT2D eigenvalue weighted by atomic mass is 16.3. The van der Waals surface area contributed by atoms with Gasteiger partial charge in [-0.3, -0.25) is 0 Å². The van der Waals surface area contributed by atoms with E-state index in [4.69, 9.17) is 0 Å². The van der Waals surface area contributed by atoms with Crippen LogP contribution in [-0.4, -0.2) is 29.8 Å². The highest BCUT2D eigenvalue weighted by Gasteiger charge is 2.33. The Kier molecular flexibility index (Phi) is 2.58. The maximum Gasteiger partial charge on any atom is 0.0896 e. The Hall–Kier alpha value is -1.06. The zero-order valence-electron chi connectivity index (χ0n) is 9.32. The van der Waals surface area contributed by atoms with Crippen molar-refractivity contribution in [2.24, 2.45) is 0 Å². The molecule has 1 fully saturated rings. The Bertz CT molecular complexity index is 349. The monoisotopic (exact) mass is 218 g/mol. The lowest BCUT2D eigenvalue weighted by Crippen LogP contribution is -2.45. The van der Waals surface area contributed by atoms with Crippen LogP contribution in [-0.2, 0) is 6.42 Å². The normalized spacial score (nSPS) is 29.8. The number of anilines is 1. The molecular formula is C13H18N2O. The molecule has 1 aromatic rings. The van der Waals surface area contributed by atoms with Gasteiger partial charge in [-0.1, -0.05) is 18.2 Å². The molecule has 1 aromatic carbocycles. The number of hydrogen-bond acceptors (Lipinski definition) is 3. The van der Waals surface area contributed by atoms with E-state index in [1.807, 2.05) is 6.07 Å². The lowest BCUT2D eigenvalue weighted by Gasteiger charge is -2.24. The summed E-state index contributed by atoms with van der Waals surface area (Å²) in [6.45, 7) is 1.04. The van der Waals surface area contributed by atoms with Crippen LogP contribution in [0, 0.1) is 0 Å². The van der Waals surface area contributed by atoms with Gasteiger partial charge >= 0.3 is 0 Å². The van der Waals surface area contributed by atoms with Crippen molar-refractivity contribution in [3.63, 3.8) is 0 Å². The molecule has 0 radical (unpaired) electrons. The lowest BCUT2D eigenvalue weighted by atomic mass is 9.99. The Morgan fingerprint density at radius 1 is 1.25 bits per heavy atom. The Morgan fingerprint density at radius 2 is 2.12 bits per heavy atom. The van der Waals surface area contributed by atoms with Gasteiger partial charge in [0.2, 0.25) is 0 Å². The molecule has 3 rings (SSSR count). The number of nitrogens with one attached hydrogen (secondary N) is 2. The molecule has 2 aliphatic heterocycles. The minimum atomic E-state index is -0.283. The van der Waals surface area contributed by atoms with Crippen molar-refractivity contribution in [2.45, 2.75) is 37.5 Å². The summed E-state index contributed by atoms with van der Waals surface area (Å²) < 4.78 is 0. The Balaban J connectivity index is 1.70. The molecule has 1 saturated heterocycles. The molecule has 0 aliphatic carbocycles. The molecule has 2 aliphatic rings. The predicted molar refractivity (Wildman–Crippen MR) is 64.6 cm³/mol. The minimum Gasteiger partial charge on any atom is -0.389 e. The van der Waals surface area contributed by atoms with E-state index in [1.165, 1.54) is 17.7 Å². The van der Waals surface area contributed by atoms with Crippen LogP contribution >= 0.6 is 0 Å². The highest BCUT2D eigenvalue weighted by Crippen LogP contribution is 2.28. The fourth-order valence-corrected chi connectivity index (χ4v) is 2.82. The van der Waals surface area contributed by atoms with Gasteiger partial charge in [-0.15, -0.1) is 0 Å². The molecular weight excluding hydrogens is 200 g/mol. The van der Waals surface area contributed by atoms with Crippen LogP contribution in [0.5, 0.6) is 0 Å². The van der Waals surface area contributed by atoms with Crippen LogP contribution in [0.4, 0.5) is 5.69 Å². The van der Waals surface area contributed by atoms with Crippen LogP contribution in [0.25, 0.3) is 0 Å². The minimum absolute atomic E-state index is 0.174. The fraction of sp³-hybridized carbons (Fsp3) is 0.538. The summed E-state index contributed by atoms with van der Waals surface area (Å²) >= 11 is 0. The van der Waals surface area contributed by atoms with Gasteiger partial charge in [0.15, 0.2) is 0 Å². The average Bonchev–Trinajstić information content (AvgIpc) is 2.97. The van der Waals surface area contributed by atoms with Crippen molar-refractivity contribution in [2.75, 3.05) is 11.9 Å². The van der Waals surface area contributed by atoms with Gasteiger partial charge in [0.1, 0.15) is 0 Å². The van der Waals surface area contributed by atoms with Gasteiger partial charge in [0.25, 0.3) is 0 Å². The van der Waals surface area contributed by atoms with E-state index in [-0.39, 0.29) is 18.2 Å². The molecule has 2 heterocycles. The van der Waals surface area contributed by atoms with E-state index in [1.54, 1.807) is 0 Å². The Labute approximate surface area is 95.9 Å². The fourth-order valence-electron chi connectivity index (χ4n) is 2.82. The summed E-state index contributed by atoms with van der Waals surface area (Å²) in [6.07, 6.45) is 2.93. The maximum absolute atomic E-state index is 10.3. The van der Waals surface area contributed by atoms with Gasteiger partial charge in [0, 0.05) is 11.7 Å². The molecule has 3 heteroatoms. The standard InChI is InChI=1S/C13H18N2O/c16-13(11-6-3-7-14-11)12-8-9-4-1-2-5-10(9)15-12/h1-2,4-5,11-16H,3,6-8H2. The van der Waals surface area contributed by atoms with E-state index in [2.05, 4.69) is 28.8 Å². The first-order valence-electron chi connectivity index (χ1n) is 6.10. The summed E-state index contributed by atoms with van der Waals surface area (Å²) in [5.41, 5.74) is 2.51. The SMILES string of the molecule is OC(C1CCCN1)C1Cc2ccccc2N1. The molecule has 86 valence electrons. The average molecular weight is 218 g/mol. The number of aliphatic hydroxyl groups is 1. The molecule has 0 bridgehead atoms. The number of para-hydroxylation sites is 1. The molecule has 0 aromatic heterocycles. The third kappa shape index (κ3) is 1.70. The Morgan fingerprint density at radius 3 is 2.88 bits per heavy atom. The summed E-state index contributed by atoms with van der Waals surface area (Å²) in [4.78, 5) is 0. The molecule has 3 unspecified atom stereocenters. The van der Waals surface area contributed by atoms with Crippen molar-refractivity contribution in [3.05, 3.63) is 29.8 Å². The van der Waals surface area contributed by atoms with Crippen LogP contribution in [0.2, 0.25) is 0 Å². The third-order valence-corrected chi connectivity index (χ3v) is 3.72. The number of rotatable bonds is 2. The molecule has 16 heavy (non-hydrogen) atoms. The molecule has 0 spiro atoms. The summed E-state index contributed by atoms with van der Waals surface area (Å²) in [5, 5.41) is 17.1. The topological polar surface area (TPSA) is 44.3 Å². The predicted octanol–water partition coefficient (Wildman–Crippen LogP) is 1.14. The van der Waals surface area contributed by atoms with Gasteiger partial charge < -0.3 is 15.7 Å². The van der Waals surface area contributed by atoms with Crippen LogP contribution < -0.4 is 10.6 Å². The van der Waals surface area contributed by atoms with E-state index in [0.717, 1.165) is 19.4 Å². The number of benzene rings is 1. The first-order chi connectivity index (χ1) is 7.84. The second-order valence-corrected chi connectivity index (χ2v) is 4.81. The molecule has 3 atom stereocenters. The van der Waals surface area contributed by atoms with E-state index in [0.29, 0.717) is 0 Å². The van der Waals surface area contributed by atoms with Crippen molar-refractivity contribution < 1.29 is 5.11 Å². The van der Waals surface area contributed by atoms with Crippen molar-refractivity contribution in [1.82, 2.24) is 5.32 Å². The zero-order valence-corrected chi connectivity index (χ0v) is 9.32. The van der Waals surface area contributed by atoms with Crippen molar-refractivity contribution in [1.29, 1.82) is 0 Å². The van der Waals surface area contributed by atoms with Crippen LogP contribution in [0.3, 0.4) is 0 Å². The molecule has 3 nitrogen and oxygen atoms in total. The number of aliphatic hydroxyl groups excluding tert-OH is 1. The second-order valence-electron chi connectivity index (χ2n) is 4.81. The van der Waals surface area contributed by atoms with Gasteiger partial charge in [-0.05, 0) is 37.4 Å². The van der Waals surface area contributed by atoms with E-state index >= 15 is 0 Å². The maximum atomic E-state index is 10.3. The first-order valence-corrected chi connectivity index (χ1v) is 6.10. The van der Waals surface area contributed by atoms with Gasteiger partial charge in [-0.25, -0.2) is 0 Å². The summed E-state index contributed by atoms with van der Waals surface area (Å²) in [5.74, 6) is 0. The van der Waals surface area contributed by atoms with Crippen LogP contribution in [0.1, 0.15) is 18.4 Å². The quantitative estimate of drug-likeness (QED) is 0.697. The summed E-state index contributed by atoms with van der Waals surface area (Å²) in [6, 6.07) is 8.76. The van der Waals surface area contributed by atoms with Crippen molar-refractivity contribution >= 4 is 5.69 Å². The van der Waals surface area contributed by atoms with Crippen molar-refractivity contribution in [3.8, 4) is 0 Å². The lowest BCUT2D eigenvalue weighted by molar-refractivity contribution is 0.117. The van der Waals surface area contributed by atoms with Gasteiger partial charge in [-0.2, -0.15) is 0 Å². The molecule has 3 N–H and O–H groups in total. The largest absolute Gasteiger partial charge is 0.389 e. The highest BCUT2D eigenvalue weighted by molar-refractivity contribution is 5.56. The van der Waals surface area contributed by atoms with E-state index < -0.39 is 0 Å². The van der Waals surface area contributed by atoms with Gasteiger partial charge in [0.05, 0.1) is 12.1 Å². The number of hydrogen-bond donors (Lipinski definition) is 3.